The summed E-state index contributed by atoms with van der Waals surface area (Å²) in [4.78, 5) is 0. The van der Waals surface area contributed by atoms with E-state index in [4.69, 9.17) is 9.44 Å². The molecule has 0 aliphatic rings. The number of benzene rings is 1. The Hall–Kier alpha value is -1.54. The van der Waals surface area contributed by atoms with E-state index in [0.717, 1.165) is 16.7 Å². The van der Waals surface area contributed by atoms with Crippen LogP contribution in [0.5, 0.6) is 5.75 Å². The molecule has 1 aromatic carbocycles. The van der Waals surface area contributed by atoms with Crippen molar-refractivity contribution in [3.05, 3.63) is 28.8 Å². The maximum absolute atomic E-state index is 11.7. The van der Waals surface area contributed by atoms with Gasteiger partial charge in [-0.15, -0.1) is 0 Å². The number of unbranched alkanes of at least 4 members (excludes halogenated alkanes) is 1. The van der Waals surface area contributed by atoms with Gasteiger partial charge in [-0.25, -0.2) is 0 Å². The highest BCUT2D eigenvalue weighted by molar-refractivity contribution is 7.87. The average Bonchev–Trinajstić information content (AvgIpc) is 2.25. The fraction of sp³-hybridized carbons (Fsp3) is 0.462. The van der Waals surface area contributed by atoms with Crippen LogP contribution in [0.3, 0.4) is 0 Å². The topological polar surface area (TPSA) is 67.2 Å². The first-order valence-corrected chi connectivity index (χ1v) is 7.30. The Bertz CT molecular complexity index is 571. The van der Waals surface area contributed by atoms with Gasteiger partial charge in [-0.2, -0.15) is 13.7 Å². The predicted molar refractivity (Wildman–Crippen MR) is 69.9 cm³/mol. The molecule has 0 spiro atoms. The predicted octanol–water partition coefficient (Wildman–Crippen LogP) is 2.62. The van der Waals surface area contributed by atoms with Gasteiger partial charge in [0, 0.05) is 6.42 Å². The van der Waals surface area contributed by atoms with Crippen LogP contribution in [0.2, 0.25) is 0 Å². The van der Waals surface area contributed by atoms with Gasteiger partial charge in [0.25, 0.3) is 0 Å². The van der Waals surface area contributed by atoms with E-state index in [1.54, 1.807) is 6.07 Å². The lowest BCUT2D eigenvalue weighted by Crippen LogP contribution is -2.14. The van der Waals surface area contributed by atoms with E-state index in [2.05, 4.69) is 0 Å². The quantitative estimate of drug-likeness (QED) is 0.607. The Labute approximate surface area is 108 Å². The summed E-state index contributed by atoms with van der Waals surface area (Å²) in [6, 6.07) is 5.60. The largest absolute Gasteiger partial charge is 0.382 e. The second kappa shape index (κ2) is 5.87. The lowest BCUT2D eigenvalue weighted by Gasteiger charge is -2.11. The van der Waals surface area contributed by atoms with Gasteiger partial charge in [0.05, 0.1) is 11.8 Å². The van der Waals surface area contributed by atoms with Crippen LogP contribution in [0, 0.1) is 32.1 Å². The summed E-state index contributed by atoms with van der Waals surface area (Å²) in [6.07, 6.45) is 0.511. The van der Waals surface area contributed by atoms with Crippen LogP contribution in [0.1, 0.15) is 29.5 Å². The molecule has 0 aromatic heterocycles. The van der Waals surface area contributed by atoms with E-state index < -0.39 is 10.1 Å². The van der Waals surface area contributed by atoms with E-state index in [-0.39, 0.29) is 12.2 Å². The normalized spacial score (nSPS) is 11.0. The molecule has 4 nitrogen and oxygen atoms in total. The number of hydrogen-bond acceptors (Lipinski definition) is 4. The molecule has 0 unspecified atom stereocenters. The summed E-state index contributed by atoms with van der Waals surface area (Å²) >= 11 is 0. The Morgan fingerprint density at radius 3 is 2.56 bits per heavy atom. The molecule has 0 heterocycles. The molecule has 98 valence electrons. The minimum atomic E-state index is -3.61. The van der Waals surface area contributed by atoms with E-state index in [0.29, 0.717) is 12.2 Å². The summed E-state index contributed by atoms with van der Waals surface area (Å²) in [5.41, 5.74) is 2.78. The lowest BCUT2D eigenvalue weighted by atomic mass is 10.1. The van der Waals surface area contributed by atoms with Gasteiger partial charge in [0.2, 0.25) is 0 Å². The number of nitriles is 1. The molecule has 0 fully saturated rings. The van der Waals surface area contributed by atoms with Gasteiger partial charge in [-0.05, 0) is 49.9 Å². The Kier molecular flexibility index (Phi) is 4.74. The molecule has 0 aliphatic heterocycles. The van der Waals surface area contributed by atoms with Gasteiger partial charge < -0.3 is 4.18 Å². The van der Waals surface area contributed by atoms with E-state index in [9.17, 15) is 8.42 Å². The van der Waals surface area contributed by atoms with Crippen molar-refractivity contribution >= 4 is 10.1 Å². The molecule has 0 N–H and O–H groups in total. The summed E-state index contributed by atoms with van der Waals surface area (Å²) in [5.74, 6) is 0.247. The van der Waals surface area contributed by atoms with Gasteiger partial charge in [-0.3, -0.25) is 0 Å². The van der Waals surface area contributed by atoms with E-state index >= 15 is 0 Å². The molecular weight excluding hydrogens is 250 g/mol. The van der Waals surface area contributed by atoms with Crippen molar-refractivity contribution in [2.45, 2.75) is 33.6 Å². The molecule has 0 saturated carbocycles. The van der Waals surface area contributed by atoms with Crippen molar-refractivity contribution in [3.8, 4) is 11.8 Å². The van der Waals surface area contributed by atoms with Crippen LogP contribution >= 0.6 is 0 Å². The summed E-state index contributed by atoms with van der Waals surface area (Å²) in [5, 5.41) is 8.38. The first-order valence-electron chi connectivity index (χ1n) is 5.72. The van der Waals surface area contributed by atoms with Crippen molar-refractivity contribution in [2.75, 3.05) is 5.75 Å². The highest BCUT2D eigenvalue weighted by atomic mass is 32.2. The van der Waals surface area contributed by atoms with Gasteiger partial charge in [0.15, 0.2) is 0 Å². The molecular formula is C13H17NO3S. The molecule has 18 heavy (non-hydrogen) atoms. The van der Waals surface area contributed by atoms with E-state index in [1.165, 1.54) is 0 Å². The summed E-state index contributed by atoms with van der Waals surface area (Å²) in [7, 11) is -3.61. The highest BCUT2D eigenvalue weighted by Gasteiger charge is 2.15. The van der Waals surface area contributed by atoms with Crippen LogP contribution in [0.25, 0.3) is 0 Å². The fourth-order valence-corrected chi connectivity index (χ4v) is 2.62. The Morgan fingerprint density at radius 1 is 1.28 bits per heavy atom. The second-order valence-corrected chi connectivity index (χ2v) is 6.00. The summed E-state index contributed by atoms with van der Waals surface area (Å²) < 4.78 is 28.5. The molecule has 0 bridgehead atoms. The molecule has 0 atom stereocenters. The first-order chi connectivity index (χ1) is 8.35. The number of nitrogens with zero attached hydrogens (tertiary/aromatic N) is 1. The third kappa shape index (κ3) is 4.04. The fourth-order valence-electron chi connectivity index (χ4n) is 1.59. The zero-order valence-corrected chi connectivity index (χ0v) is 11.7. The van der Waals surface area contributed by atoms with Crippen LogP contribution in [-0.4, -0.2) is 14.2 Å². The second-order valence-electron chi connectivity index (χ2n) is 4.31. The maximum atomic E-state index is 11.7. The smallest absolute Gasteiger partial charge is 0.309 e. The van der Waals surface area contributed by atoms with Crippen molar-refractivity contribution in [3.63, 3.8) is 0 Å². The molecule has 1 aromatic rings. The zero-order valence-electron chi connectivity index (χ0n) is 10.9. The summed E-state index contributed by atoms with van der Waals surface area (Å²) in [6.45, 7) is 5.63. The lowest BCUT2D eigenvalue weighted by molar-refractivity contribution is 0.482. The maximum Gasteiger partial charge on any atom is 0.309 e. The molecule has 0 radical (unpaired) electrons. The average molecular weight is 267 g/mol. The Balaban J connectivity index is 2.88. The van der Waals surface area contributed by atoms with Gasteiger partial charge >= 0.3 is 10.1 Å². The van der Waals surface area contributed by atoms with Crippen LogP contribution in [-0.2, 0) is 10.1 Å². The molecule has 0 amide bonds. The molecule has 1 rings (SSSR count). The van der Waals surface area contributed by atoms with Crippen molar-refractivity contribution < 1.29 is 12.6 Å². The van der Waals surface area contributed by atoms with Crippen LogP contribution < -0.4 is 4.18 Å². The Morgan fingerprint density at radius 2 is 1.94 bits per heavy atom. The number of hydrogen-bond donors (Lipinski definition) is 0. The standard InChI is InChI=1S/C13H17NO3S/c1-10-8-11(2)12(3)13(9-10)17-18(15,16)7-5-4-6-14/h8-9H,4-5,7H2,1-3H3. The van der Waals surface area contributed by atoms with Crippen LogP contribution in [0.4, 0.5) is 0 Å². The molecule has 5 heteroatoms. The number of aryl methyl sites for hydroxylation is 2. The van der Waals surface area contributed by atoms with Crippen molar-refractivity contribution in [1.29, 1.82) is 5.26 Å². The number of rotatable bonds is 5. The third-order valence-corrected chi connectivity index (χ3v) is 3.89. The minimum absolute atomic E-state index is 0.132. The SMILES string of the molecule is Cc1cc(C)c(C)c(OS(=O)(=O)CCCC#N)c1. The monoisotopic (exact) mass is 267 g/mol. The zero-order chi connectivity index (χ0) is 13.8. The van der Waals surface area contributed by atoms with Crippen LogP contribution in [0.15, 0.2) is 12.1 Å². The van der Waals surface area contributed by atoms with Crippen molar-refractivity contribution in [2.24, 2.45) is 0 Å². The third-order valence-electron chi connectivity index (χ3n) is 2.66. The van der Waals surface area contributed by atoms with Crippen molar-refractivity contribution in [1.82, 2.24) is 0 Å². The minimum Gasteiger partial charge on any atom is -0.382 e. The van der Waals surface area contributed by atoms with Gasteiger partial charge in [-0.1, -0.05) is 6.07 Å². The molecule has 0 saturated heterocycles. The first kappa shape index (κ1) is 14.5. The van der Waals surface area contributed by atoms with Gasteiger partial charge in [0.1, 0.15) is 5.75 Å². The van der Waals surface area contributed by atoms with E-state index in [1.807, 2.05) is 32.9 Å². The molecule has 0 aliphatic carbocycles. The highest BCUT2D eigenvalue weighted by Crippen LogP contribution is 2.24.